The van der Waals surface area contributed by atoms with E-state index in [0.29, 0.717) is 19.1 Å². The largest absolute Gasteiger partial charge is 0.395 e. The first-order chi connectivity index (χ1) is 8.85. The molecule has 2 rings (SSSR count). The summed E-state index contributed by atoms with van der Waals surface area (Å²) in [7, 11) is 0. The number of nitrogens with zero attached hydrogens (tertiary/aromatic N) is 2. The number of nitrogens with two attached hydrogens (primary N) is 1. The van der Waals surface area contributed by atoms with Gasteiger partial charge >= 0.3 is 0 Å². The van der Waals surface area contributed by atoms with E-state index in [9.17, 15) is 5.11 Å². The van der Waals surface area contributed by atoms with Crippen molar-refractivity contribution in [3.05, 3.63) is 23.9 Å². The zero-order valence-corrected chi connectivity index (χ0v) is 10.9. The topological polar surface area (TPSA) is 62.4 Å². The normalized spacial score (nSPS) is 16.8. The van der Waals surface area contributed by atoms with Crippen molar-refractivity contribution in [1.29, 1.82) is 0 Å². The molecule has 1 aliphatic rings. The minimum atomic E-state index is 0.177. The molecule has 0 unspecified atom stereocenters. The van der Waals surface area contributed by atoms with Gasteiger partial charge in [0.2, 0.25) is 0 Å². The molecule has 0 saturated heterocycles. The van der Waals surface area contributed by atoms with Crippen LogP contribution < -0.4 is 10.6 Å². The van der Waals surface area contributed by atoms with Gasteiger partial charge in [0.1, 0.15) is 5.82 Å². The first-order valence-corrected chi connectivity index (χ1v) is 6.87. The number of pyridine rings is 1. The highest BCUT2D eigenvalue weighted by atomic mass is 16.3. The second-order valence-corrected chi connectivity index (χ2v) is 4.94. The lowest BCUT2D eigenvalue weighted by Crippen LogP contribution is -2.39. The van der Waals surface area contributed by atoms with Crippen LogP contribution in [0, 0.1) is 0 Å². The lowest BCUT2D eigenvalue weighted by Gasteiger charge is -2.35. The van der Waals surface area contributed by atoms with E-state index in [0.717, 1.165) is 11.4 Å². The lowest BCUT2D eigenvalue weighted by atomic mass is 9.94. The molecule has 0 bridgehead atoms. The zero-order valence-electron chi connectivity index (χ0n) is 10.9. The Balaban J connectivity index is 2.11. The van der Waals surface area contributed by atoms with Crippen LogP contribution in [0.1, 0.15) is 37.7 Å². The summed E-state index contributed by atoms with van der Waals surface area (Å²) in [5, 5.41) is 9.24. The van der Waals surface area contributed by atoms with E-state index in [4.69, 9.17) is 5.73 Å². The fourth-order valence-electron chi connectivity index (χ4n) is 2.69. The number of aliphatic hydroxyl groups is 1. The van der Waals surface area contributed by atoms with Crippen LogP contribution in [0.4, 0.5) is 5.82 Å². The fourth-order valence-corrected chi connectivity index (χ4v) is 2.69. The van der Waals surface area contributed by atoms with Crippen molar-refractivity contribution < 1.29 is 5.11 Å². The smallest absolute Gasteiger partial charge is 0.128 e. The summed E-state index contributed by atoms with van der Waals surface area (Å²) in [6.07, 6.45) is 8.16. The van der Waals surface area contributed by atoms with Gasteiger partial charge in [0.15, 0.2) is 0 Å². The second-order valence-electron chi connectivity index (χ2n) is 4.94. The van der Waals surface area contributed by atoms with Crippen molar-refractivity contribution in [2.75, 3.05) is 18.1 Å². The van der Waals surface area contributed by atoms with Gasteiger partial charge in [-0.3, -0.25) is 0 Å². The van der Waals surface area contributed by atoms with Crippen molar-refractivity contribution in [2.24, 2.45) is 5.73 Å². The van der Waals surface area contributed by atoms with Gasteiger partial charge in [0, 0.05) is 25.3 Å². The van der Waals surface area contributed by atoms with Crippen LogP contribution in [-0.2, 0) is 6.54 Å². The van der Waals surface area contributed by atoms with Crippen LogP contribution >= 0.6 is 0 Å². The summed E-state index contributed by atoms with van der Waals surface area (Å²) in [6, 6.07) is 4.57. The Bertz CT molecular complexity index is 347. The summed E-state index contributed by atoms with van der Waals surface area (Å²) in [4.78, 5) is 6.73. The highest BCUT2D eigenvalue weighted by molar-refractivity contribution is 5.40. The van der Waals surface area contributed by atoms with Gasteiger partial charge in [-0.1, -0.05) is 25.3 Å². The van der Waals surface area contributed by atoms with E-state index >= 15 is 0 Å². The Morgan fingerprint density at radius 3 is 2.61 bits per heavy atom. The van der Waals surface area contributed by atoms with Crippen LogP contribution in [0.2, 0.25) is 0 Å². The molecule has 0 aromatic carbocycles. The van der Waals surface area contributed by atoms with Crippen LogP contribution in [0.25, 0.3) is 0 Å². The van der Waals surface area contributed by atoms with Crippen molar-refractivity contribution in [2.45, 2.75) is 44.7 Å². The van der Waals surface area contributed by atoms with Gasteiger partial charge in [0.25, 0.3) is 0 Å². The molecule has 1 heterocycles. The Hall–Kier alpha value is -1.13. The minimum absolute atomic E-state index is 0.177. The fraction of sp³-hybridized carbons (Fsp3) is 0.643. The SMILES string of the molecule is NCc1ccc(N(CCO)C2CCCCC2)nc1. The molecule has 4 heteroatoms. The average Bonchev–Trinajstić information content (AvgIpc) is 2.46. The second kappa shape index (κ2) is 6.71. The molecule has 0 spiro atoms. The molecule has 18 heavy (non-hydrogen) atoms. The number of rotatable bonds is 5. The van der Waals surface area contributed by atoms with Gasteiger partial charge in [0.05, 0.1) is 6.61 Å². The molecule has 1 fully saturated rings. The number of anilines is 1. The summed E-state index contributed by atoms with van der Waals surface area (Å²) in [6.45, 7) is 1.37. The molecule has 100 valence electrons. The average molecular weight is 249 g/mol. The molecule has 3 N–H and O–H groups in total. The van der Waals surface area contributed by atoms with Gasteiger partial charge < -0.3 is 15.7 Å². The third-order valence-electron chi connectivity index (χ3n) is 3.70. The molecule has 1 aromatic rings. The predicted molar refractivity (Wildman–Crippen MR) is 73.4 cm³/mol. The first kappa shape index (κ1) is 13.3. The van der Waals surface area contributed by atoms with Gasteiger partial charge in [-0.25, -0.2) is 4.98 Å². The first-order valence-electron chi connectivity index (χ1n) is 6.87. The third-order valence-corrected chi connectivity index (χ3v) is 3.70. The Kier molecular flexibility index (Phi) is 4.96. The Morgan fingerprint density at radius 1 is 1.28 bits per heavy atom. The van der Waals surface area contributed by atoms with Crippen LogP contribution in [0.5, 0.6) is 0 Å². The summed E-state index contributed by atoms with van der Waals surface area (Å²) < 4.78 is 0. The van der Waals surface area contributed by atoms with E-state index < -0.39 is 0 Å². The number of aromatic nitrogens is 1. The maximum Gasteiger partial charge on any atom is 0.128 e. The molecule has 1 aliphatic carbocycles. The maximum absolute atomic E-state index is 9.24. The van der Waals surface area contributed by atoms with E-state index in [1.807, 2.05) is 18.3 Å². The van der Waals surface area contributed by atoms with E-state index in [-0.39, 0.29) is 6.61 Å². The monoisotopic (exact) mass is 249 g/mol. The Labute approximate surface area is 109 Å². The van der Waals surface area contributed by atoms with Gasteiger partial charge in [-0.15, -0.1) is 0 Å². The Morgan fingerprint density at radius 2 is 2.06 bits per heavy atom. The van der Waals surface area contributed by atoms with Crippen molar-refractivity contribution >= 4 is 5.82 Å². The molecule has 1 aromatic heterocycles. The zero-order chi connectivity index (χ0) is 12.8. The minimum Gasteiger partial charge on any atom is -0.395 e. The molecular formula is C14H23N3O. The lowest BCUT2D eigenvalue weighted by molar-refractivity contribution is 0.289. The summed E-state index contributed by atoms with van der Waals surface area (Å²) >= 11 is 0. The van der Waals surface area contributed by atoms with Crippen LogP contribution in [0.3, 0.4) is 0 Å². The molecule has 0 amide bonds. The molecule has 0 aliphatic heterocycles. The van der Waals surface area contributed by atoms with Gasteiger partial charge in [-0.05, 0) is 24.5 Å². The molecule has 0 radical (unpaired) electrons. The van der Waals surface area contributed by atoms with Crippen LogP contribution in [0.15, 0.2) is 18.3 Å². The van der Waals surface area contributed by atoms with E-state index in [1.54, 1.807) is 0 Å². The van der Waals surface area contributed by atoms with Crippen molar-refractivity contribution in [3.8, 4) is 0 Å². The number of hydrogen-bond donors (Lipinski definition) is 2. The molecule has 4 nitrogen and oxygen atoms in total. The maximum atomic E-state index is 9.24. The van der Waals surface area contributed by atoms with Crippen LogP contribution in [-0.4, -0.2) is 29.3 Å². The summed E-state index contributed by atoms with van der Waals surface area (Å²) in [5.74, 6) is 0.966. The standard InChI is InChI=1S/C14H23N3O/c15-10-12-6-7-14(16-11-12)17(8-9-18)13-4-2-1-3-5-13/h6-7,11,13,18H,1-5,8-10,15H2. The third kappa shape index (κ3) is 3.21. The van der Waals surface area contributed by atoms with Crippen molar-refractivity contribution in [3.63, 3.8) is 0 Å². The van der Waals surface area contributed by atoms with E-state index in [1.165, 1.54) is 32.1 Å². The number of hydrogen-bond acceptors (Lipinski definition) is 4. The molecular weight excluding hydrogens is 226 g/mol. The van der Waals surface area contributed by atoms with Gasteiger partial charge in [-0.2, -0.15) is 0 Å². The van der Waals surface area contributed by atoms with E-state index in [2.05, 4.69) is 9.88 Å². The number of aliphatic hydroxyl groups excluding tert-OH is 1. The summed E-state index contributed by atoms with van der Waals surface area (Å²) in [5.41, 5.74) is 6.63. The highest BCUT2D eigenvalue weighted by Crippen LogP contribution is 2.26. The quantitative estimate of drug-likeness (QED) is 0.833. The molecule has 1 saturated carbocycles. The van der Waals surface area contributed by atoms with Crippen molar-refractivity contribution in [1.82, 2.24) is 4.98 Å². The molecule has 0 atom stereocenters. The predicted octanol–water partition coefficient (Wildman–Crippen LogP) is 1.67. The highest BCUT2D eigenvalue weighted by Gasteiger charge is 2.21.